The van der Waals surface area contributed by atoms with E-state index in [0.29, 0.717) is 0 Å². The lowest BCUT2D eigenvalue weighted by Gasteiger charge is -2.55. The van der Waals surface area contributed by atoms with E-state index in [2.05, 4.69) is 0 Å². The van der Waals surface area contributed by atoms with Crippen LogP contribution in [-0.4, -0.2) is 158 Å². The fourth-order valence-corrected chi connectivity index (χ4v) is 6.66. The standard InChI is InChI=1S/C33H50O17/c1-16(7-8-33(43)30(2,3)11-18(34)12-31(33,4)41)49-28-25(38)24(37)23(36)21(50-28)13-46-29-26(39)32(42,15-48-29)14-47-27(40)17-9-19(44-5)22(35)20(10-17)45-6/h7-10,16,18,21,23-26,28-29,34-39,41-43H,11-15H2,1-6H3/t16-,18-,21-,23-,24+,25-,26+,28-,29-,31-,32-,33+/m1/s1. The number of phenols is 1. The lowest BCUT2D eigenvalue weighted by molar-refractivity contribution is -0.314. The number of carbonyl (C=O) groups is 1. The van der Waals surface area contributed by atoms with Gasteiger partial charge >= 0.3 is 5.97 Å². The molecule has 2 saturated heterocycles. The molecule has 1 saturated carbocycles. The number of hydrogen-bond acceptors (Lipinski definition) is 17. The molecule has 17 heteroatoms. The summed E-state index contributed by atoms with van der Waals surface area (Å²) in [5, 5.41) is 96.2. The molecule has 9 N–H and O–H groups in total. The third kappa shape index (κ3) is 7.89. The number of aliphatic hydroxyl groups is 8. The maximum atomic E-state index is 12.7. The summed E-state index contributed by atoms with van der Waals surface area (Å²) in [6.07, 6.45) is -9.86. The number of benzene rings is 1. The normalized spacial score (nSPS) is 39.3. The Balaban J connectivity index is 1.34. The van der Waals surface area contributed by atoms with E-state index in [1.165, 1.54) is 45.4 Å². The third-order valence-corrected chi connectivity index (χ3v) is 9.76. The zero-order chi connectivity index (χ0) is 37.4. The molecule has 50 heavy (non-hydrogen) atoms. The minimum Gasteiger partial charge on any atom is -0.502 e. The van der Waals surface area contributed by atoms with Crippen LogP contribution in [0.15, 0.2) is 24.3 Å². The Morgan fingerprint density at radius 2 is 1.58 bits per heavy atom. The quantitative estimate of drug-likeness (QED) is 0.0876. The highest BCUT2D eigenvalue weighted by Gasteiger charge is 2.58. The number of hydrogen-bond donors (Lipinski definition) is 9. The zero-order valence-electron chi connectivity index (χ0n) is 28.8. The second-order valence-corrected chi connectivity index (χ2v) is 14.1. The molecule has 2 aliphatic heterocycles. The number of methoxy groups -OCH3 is 2. The molecule has 1 aromatic carbocycles. The summed E-state index contributed by atoms with van der Waals surface area (Å²) in [5.41, 5.74) is -6.55. The Morgan fingerprint density at radius 1 is 0.960 bits per heavy atom. The highest BCUT2D eigenvalue weighted by atomic mass is 16.7. The van der Waals surface area contributed by atoms with Crippen LogP contribution in [0, 0.1) is 5.41 Å². The van der Waals surface area contributed by atoms with E-state index in [1.807, 2.05) is 0 Å². The molecule has 0 bridgehead atoms. The number of aliphatic hydroxyl groups excluding tert-OH is 5. The van der Waals surface area contributed by atoms with Crippen LogP contribution < -0.4 is 9.47 Å². The molecule has 4 rings (SSSR count). The molecule has 0 unspecified atom stereocenters. The summed E-state index contributed by atoms with van der Waals surface area (Å²) in [7, 11) is 2.55. The molecular weight excluding hydrogens is 668 g/mol. The lowest BCUT2D eigenvalue weighted by Crippen LogP contribution is -2.65. The van der Waals surface area contributed by atoms with Gasteiger partial charge in [-0.2, -0.15) is 0 Å². The SMILES string of the molecule is COc1cc(C(=O)OC[C@@]2(O)CO[C@@H](OC[C@H]3O[C@@H](O[C@H](C)C=C[C@]4(O)C(C)(C)C[C@@H](O)C[C@@]4(C)O)[C@H](O)[C@@H](O)[C@@H]3O)[C@@H]2O)cc(OC)c1O. The number of phenolic OH excluding ortho intramolecular Hbond substituents is 1. The van der Waals surface area contributed by atoms with Crippen molar-refractivity contribution in [2.24, 2.45) is 5.41 Å². The van der Waals surface area contributed by atoms with Crippen molar-refractivity contribution in [2.45, 2.75) is 113 Å². The van der Waals surface area contributed by atoms with Crippen LogP contribution >= 0.6 is 0 Å². The molecule has 17 nitrogen and oxygen atoms in total. The van der Waals surface area contributed by atoms with Crippen LogP contribution in [0.1, 0.15) is 50.9 Å². The maximum absolute atomic E-state index is 12.7. The van der Waals surface area contributed by atoms with Gasteiger partial charge in [-0.15, -0.1) is 0 Å². The van der Waals surface area contributed by atoms with E-state index in [9.17, 15) is 50.8 Å². The molecule has 2 heterocycles. The highest BCUT2D eigenvalue weighted by Crippen LogP contribution is 2.50. The summed E-state index contributed by atoms with van der Waals surface area (Å²) in [6, 6.07) is 2.40. The van der Waals surface area contributed by atoms with E-state index in [0.717, 1.165) is 0 Å². The van der Waals surface area contributed by atoms with Crippen LogP contribution in [0.2, 0.25) is 0 Å². The van der Waals surface area contributed by atoms with Gasteiger partial charge in [-0.25, -0.2) is 4.79 Å². The van der Waals surface area contributed by atoms with Gasteiger partial charge in [-0.3, -0.25) is 0 Å². The van der Waals surface area contributed by atoms with E-state index >= 15 is 0 Å². The first-order chi connectivity index (χ1) is 23.2. The molecule has 3 fully saturated rings. The van der Waals surface area contributed by atoms with Crippen molar-refractivity contribution in [2.75, 3.05) is 34.0 Å². The monoisotopic (exact) mass is 718 g/mol. The van der Waals surface area contributed by atoms with Gasteiger partial charge in [0.25, 0.3) is 0 Å². The fourth-order valence-electron chi connectivity index (χ4n) is 6.66. The number of esters is 1. The van der Waals surface area contributed by atoms with E-state index in [1.54, 1.807) is 20.8 Å². The van der Waals surface area contributed by atoms with Crippen LogP contribution in [0.25, 0.3) is 0 Å². The highest BCUT2D eigenvalue weighted by molar-refractivity contribution is 5.91. The van der Waals surface area contributed by atoms with Crippen molar-refractivity contribution < 1.29 is 83.9 Å². The summed E-state index contributed by atoms with van der Waals surface area (Å²) >= 11 is 0. The van der Waals surface area contributed by atoms with E-state index < -0.39 is 103 Å². The largest absolute Gasteiger partial charge is 0.502 e. The van der Waals surface area contributed by atoms with E-state index in [4.69, 9.17) is 33.2 Å². The molecule has 3 aliphatic rings. The third-order valence-electron chi connectivity index (χ3n) is 9.76. The van der Waals surface area contributed by atoms with Crippen LogP contribution in [0.3, 0.4) is 0 Å². The number of ether oxygens (including phenoxy) is 7. The summed E-state index contributed by atoms with van der Waals surface area (Å²) in [4.78, 5) is 12.7. The van der Waals surface area contributed by atoms with Crippen LogP contribution in [-0.2, 0) is 23.7 Å². The molecule has 284 valence electrons. The minimum absolute atomic E-state index is 0.0598. The molecule has 1 aliphatic carbocycles. The Bertz CT molecular complexity index is 1320. The van der Waals surface area contributed by atoms with Gasteiger partial charge in [0.1, 0.15) is 42.7 Å². The van der Waals surface area contributed by atoms with Crippen molar-refractivity contribution in [1.29, 1.82) is 0 Å². The van der Waals surface area contributed by atoms with Crippen LogP contribution in [0.5, 0.6) is 17.2 Å². The van der Waals surface area contributed by atoms with Gasteiger partial charge in [-0.1, -0.05) is 26.0 Å². The van der Waals surface area contributed by atoms with E-state index in [-0.39, 0.29) is 35.7 Å². The summed E-state index contributed by atoms with van der Waals surface area (Å²) in [5.74, 6) is -1.39. The maximum Gasteiger partial charge on any atom is 0.338 e. The first kappa shape index (κ1) is 40.1. The number of carbonyl (C=O) groups excluding carboxylic acids is 1. The Kier molecular flexibility index (Phi) is 12.1. The van der Waals surface area contributed by atoms with Gasteiger partial charge in [-0.05, 0) is 32.4 Å². The second-order valence-electron chi connectivity index (χ2n) is 14.1. The van der Waals surface area contributed by atoms with Gasteiger partial charge in [0.15, 0.2) is 29.7 Å². The van der Waals surface area contributed by atoms with Crippen molar-refractivity contribution in [1.82, 2.24) is 0 Å². The average molecular weight is 719 g/mol. The van der Waals surface area contributed by atoms with Gasteiger partial charge in [0.2, 0.25) is 5.75 Å². The molecule has 12 atom stereocenters. The fraction of sp³-hybridized carbons (Fsp3) is 0.727. The van der Waals surface area contributed by atoms with Crippen molar-refractivity contribution in [3.8, 4) is 17.2 Å². The Hall–Kier alpha value is -2.65. The predicted octanol–water partition coefficient (Wildman–Crippen LogP) is -1.54. The van der Waals surface area contributed by atoms with Gasteiger partial charge < -0.3 is 79.1 Å². The minimum atomic E-state index is -2.11. The van der Waals surface area contributed by atoms with Gasteiger partial charge in [0, 0.05) is 11.8 Å². The van der Waals surface area contributed by atoms with Gasteiger partial charge in [0.05, 0.1) is 50.8 Å². The summed E-state index contributed by atoms with van der Waals surface area (Å²) < 4.78 is 37.6. The smallest absolute Gasteiger partial charge is 0.338 e. The topological polar surface area (TPSA) is 264 Å². The van der Waals surface area contributed by atoms with Crippen molar-refractivity contribution >= 4 is 5.97 Å². The van der Waals surface area contributed by atoms with Crippen molar-refractivity contribution in [3.05, 3.63) is 29.8 Å². The molecule has 1 aromatic rings. The molecule has 0 radical (unpaired) electrons. The van der Waals surface area contributed by atoms with Crippen molar-refractivity contribution in [3.63, 3.8) is 0 Å². The lowest BCUT2D eigenvalue weighted by atomic mass is 9.57. The predicted molar refractivity (Wildman–Crippen MR) is 169 cm³/mol. The first-order valence-electron chi connectivity index (χ1n) is 16.1. The summed E-state index contributed by atoms with van der Waals surface area (Å²) in [6.45, 7) is 4.64. The molecule has 0 amide bonds. The molecular formula is C33H50O17. The van der Waals surface area contributed by atoms with Crippen LogP contribution in [0.4, 0.5) is 0 Å². The number of aromatic hydroxyl groups is 1. The zero-order valence-corrected chi connectivity index (χ0v) is 28.8. The molecule has 0 aromatic heterocycles. The number of rotatable bonds is 12. The first-order valence-corrected chi connectivity index (χ1v) is 16.1. The Labute approximate surface area is 289 Å². The second kappa shape index (κ2) is 15.1. The average Bonchev–Trinajstić information content (AvgIpc) is 3.33. The Morgan fingerprint density at radius 3 is 2.16 bits per heavy atom. The molecule has 0 spiro atoms.